The summed E-state index contributed by atoms with van der Waals surface area (Å²) >= 11 is 0. The average molecular weight is 1990 g/mol. The highest BCUT2D eigenvalue weighted by Crippen LogP contribution is 2.55. The highest BCUT2D eigenvalue weighted by Gasteiger charge is 2.57. The molecule has 0 radical (unpaired) electrons. The fourth-order valence-electron chi connectivity index (χ4n) is 13.2. The summed E-state index contributed by atoms with van der Waals surface area (Å²) in [6.07, 6.45) is -29.8. The number of hydrogen-bond acceptors (Lipinski definition) is 0. The van der Waals surface area contributed by atoms with Gasteiger partial charge in [-0.05, 0) is 163 Å². The predicted molar refractivity (Wildman–Crippen MR) is 510 cm³/mol. The first-order valence-corrected chi connectivity index (χ1v) is 48.6. The third kappa shape index (κ3) is 55.5. The average Bonchev–Trinajstić information content (AvgIpc) is 0.802. The zero-order valence-electron chi connectivity index (χ0n) is 94.0. The van der Waals surface area contributed by atoms with Crippen molar-refractivity contribution in [2.45, 2.75) is 500 Å². The molecule has 12 atom stereocenters. The van der Waals surface area contributed by atoms with Crippen molar-refractivity contribution >= 4 is 0 Å². The highest BCUT2D eigenvalue weighted by molar-refractivity contribution is 4.94. The Hall–Kier alpha value is -1.89. The lowest BCUT2D eigenvalue weighted by atomic mass is 9.56. The molecule has 3 aliphatic rings. The van der Waals surface area contributed by atoms with Crippen molar-refractivity contribution in [3.8, 4) is 0 Å². The third-order valence-corrected chi connectivity index (χ3v) is 33.6. The zero-order chi connectivity index (χ0) is 111. The van der Waals surface area contributed by atoms with Crippen LogP contribution in [0.25, 0.3) is 0 Å². The second-order valence-corrected chi connectivity index (χ2v) is 51.7. The number of alkyl halides is 27. The smallest absolute Gasteiger partial charge is 0.171 e. The van der Waals surface area contributed by atoms with E-state index in [2.05, 4.69) is 145 Å². The molecule has 3 saturated carbocycles. The van der Waals surface area contributed by atoms with Gasteiger partial charge in [-0.25, -0.2) is 0 Å². The molecule has 0 aromatic rings. The molecule has 0 nitrogen and oxygen atoms in total. The highest BCUT2D eigenvalue weighted by atomic mass is 19.4. The van der Waals surface area contributed by atoms with Crippen LogP contribution in [0, 0.1) is 183 Å². The van der Waals surface area contributed by atoms with Crippen molar-refractivity contribution in [2.75, 3.05) is 0 Å². The Balaban J connectivity index is -0.000000180. The van der Waals surface area contributed by atoms with E-state index in [4.69, 9.17) is 0 Å². The summed E-state index contributed by atoms with van der Waals surface area (Å²) in [5.41, 5.74) is -4.89. The van der Waals surface area contributed by atoms with Gasteiger partial charge in [-0.2, -0.15) is 119 Å². The number of hydrogen-bond donors (Lipinski definition) is 0. The second kappa shape index (κ2) is 55.3. The summed E-state index contributed by atoms with van der Waals surface area (Å²) < 4.78 is 331. The summed E-state index contributed by atoms with van der Waals surface area (Å²) in [6.45, 7) is 102. The molecular weight excluding hydrogens is 1790 g/mol. The van der Waals surface area contributed by atoms with Gasteiger partial charge in [-0.15, -0.1) is 0 Å². The summed E-state index contributed by atoms with van der Waals surface area (Å²) in [6, 6.07) is 0. The maximum Gasteiger partial charge on any atom is 0.394 e. The minimum Gasteiger partial charge on any atom is -0.171 e. The molecule has 0 aromatic heterocycles. The number of rotatable bonds is 9. The van der Waals surface area contributed by atoms with E-state index in [1.165, 1.54) is 62.3 Å². The minimum atomic E-state index is -4.13. The van der Waals surface area contributed by atoms with E-state index < -0.39 is 130 Å². The molecule has 816 valence electrons. The van der Waals surface area contributed by atoms with Crippen molar-refractivity contribution in [1.82, 2.24) is 0 Å². The molecule has 0 aliphatic heterocycles. The largest absolute Gasteiger partial charge is 0.394 e. The monoisotopic (exact) mass is 1990 g/mol. The Morgan fingerprint density at radius 3 is 0.647 bits per heavy atom. The van der Waals surface area contributed by atoms with E-state index in [1.54, 1.807) is 83.1 Å². The van der Waals surface area contributed by atoms with Crippen LogP contribution >= 0.6 is 0 Å². The van der Waals surface area contributed by atoms with Crippen LogP contribution in [-0.2, 0) is 0 Å². The minimum absolute atomic E-state index is 0.0362. The van der Waals surface area contributed by atoms with Gasteiger partial charge in [0.15, 0.2) is 0 Å². The van der Waals surface area contributed by atoms with Crippen LogP contribution in [0.3, 0.4) is 0 Å². The van der Waals surface area contributed by atoms with Crippen LogP contribution in [0.15, 0.2) is 0 Å². The number of halogens is 27. The summed E-state index contributed by atoms with van der Waals surface area (Å²) in [5, 5.41) is 0. The van der Waals surface area contributed by atoms with E-state index in [9.17, 15) is 119 Å². The van der Waals surface area contributed by atoms with Crippen LogP contribution in [0.5, 0.6) is 0 Å². The van der Waals surface area contributed by atoms with Crippen molar-refractivity contribution in [3.05, 3.63) is 0 Å². The molecule has 0 heterocycles. The van der Waals surface area contributed by atoms with Gasteiger partial charge in [0, 0.05) is 0 Å². The van der Waals surface area contributed by atoms with E-state index in [0.29, 0.717) is 70.5 Å². The standard InChI is InChI=1S/C11H24.C10H19F3.C10H22.C9H15F3.C9H17F3.C9H20.2C8H13F3.4C8H15F3/c1-9(2,3)11(7,8)10(4,5)6;1-7(8(2,3)4)9(5,6)10(11,12)13;1-8(2)10(6,7)9(3,4)5;1-6-4-3-5-8(7(6)2)9(10,11)12;1-6(2)8(4,5)7(3)9(10,11)12;1-7(2)8(3)9(4,5)6;1-6-2-4-7(5-3-6)8(9,10)11;1-6-3-2-4-7(5-6)8(9,10)11;2*1-6(2,3)7(4,5)8(9,10)11;2*1-5(2)6(3)7(4)8(9,10)11/h1-8H3;7H,1-6H3;8H,1-7H3;6-8H,3-5H2,1-2H3;6-7H,1-5H3;7-8H,1-6H3;2*6-7H,2-5H2,1H3;2*1-5H3;2*5-7H,1-4H3/t;7-;;6?,7-,8?;;8-;;6-,7?;;;2*6-,7?/m.1.1.1.1..11/s1. The Labute approximate surface area is 798 Å². The molecule has 0 saturated heterocycles. The van der Waals surface area contributed by atoms with Crippen molar-refractivity contribution < 1.29 is 119 Å². The van der Waals surface area contributed by atoms with Crippen LogP contribution in [0.1, 0.15) is 445 Å². The molecular formula is C106H203F27. The van der Waals surface area contributed by atoms with Gasteiger partial charge in [-0.1, -0.05) is 412 Å². The SMILES string of the molecule is CC(C)(C)C(C)(C)C(C)(C)C.CC(C)(C)C(C)(C)C(F)(F)F.CC(C)(C)C(C)(C)C(F)(F)F.CC(C)C(C)(C)C(C)(C)C.CC(C)C(C)(C)C(C)C(F)(F)F.CC(C)[C@@H](C)C(C)(C)C.CC(C)[C@@H](C)C(C)C(F)(F)F.CC(C)[C@@H](C)C(C)C(F)(F)F.CC1CCC(C(F)(F)F)CC1.CC1CCCC(C(F)(F)F)[C@@H]1C.C[C@@H]1CCCC(C(F)(F)F)C1.C[C@H](C(C)(C)C)C(C)(C)C(F)(F)F. The summed E-state index contributed by atoms with van der Waals surface area (Å²) in [7, 11) is 0. The van der Waals surface area contributed by atoms with E-state index in [-0.39, 0.29) is 52.8 Å². The van der Waals surface area contributed by atoms with Gasteiger partial charge in [0.05, 0.1) is 51.8 Å². The van der Waals surface area contributed by atoms with Crippen LogP contribution in [-0.4, -0.2) is 55.6 Å². The van der Waals surface area contributed by atoms with E-state index in [0.717, 1.165) is 56.3 Å². The van der Waals surface area contributed by atoms with E-state index in [1.807, 2.05) is 83.1 Å². The maximum atomic E-state index is 12.6. The molecule has 0 aromatic carbocycles. The van der Waals surface area contributed by atoms with Gasteiger partial charge in [0.2, 0.25) is 0 Å². The zero-order valence-corrected chi connectivity index (χ0v) is 94.0. The molecule has 0 spiro atoms. The maximum absolute atomic E-state index is 12.6. The van der Waals surface area contributed by atoms with Gasteiger partial charge in [-0.3, -0.25) is 0 Å². The first-order chi connectivity index (χ1) is 57.0. The lowest BCUT2D eigenvalue weighted by Gasteiger charge is -2.49. The quantitative estimate of drug-likeness (QED) is 0.202. The molecule has 0 amide bonds. The van der Waals surface area contributed by atoms with Crippen LogP contribution in [0.2, 0.25) is 0 Å². The molecule has 0 N–H and O–H groups in total. The fraction of sp³-hybridized carbons (Fsp3) is 1.00. The lowest BCUT2D eigenvalue weighted by Crippen LogP contribution is -2.43. The molecule has 3 aliphatic carbocycles. The molecule has 3 fully saturated rings. The molecule has 0 bridgehead atoms. The Morgan fingerprint density at radius 2 is 0.526 bits per heavy atom. The predicted octanol–water partition coefficient (Wildman–Crippen LogP) is 43.8. The van der Waals surface area contributed by atoms with Crippen molar-refractivity contribution in [2.24, 2.45) is 183 Å². The Bertz CT molecular complexity index is 2770. The van der Waals surface area contributed by atoms with Gasteiger partial charge in [0.1, 0.15) is 0 Å². The first-order valence-electron chi connectivity index (χ1n) is 48.6. The lowest BCUT2D eigenvalue weighted by molar-refractivity contribution is -0.244. The molecule has 3 rings (SSSR count). The molecule has 27 heteroatoms. The second-order valence-electron chi connectivity index (χ2n) is 51.7. The normalized spacial score (nSPS) is 21.3. The van der Waals surface area contributed by atoms with Crippen LogP contribution < -0.4 is 0 Å². The third-order valence-electron chi connectivity index (χ3n) is 33.6. The van der Waals surface area contributed by atoms with Crippen LogP contribution in [0.4, 0.5) is 119 Å². The summed E-state index contributed by atoms with van der Waals surface area (Å²) in [5.74, 6) is -4.33. The topological polar surface area (TPSA) is 0 Å². The molecule has 6 unspecified atom stereocenters. The van der Waals surface area contributed by atoms with Crippen molar-refractivity contribution in [3.63, 3.8) is 0 Å². The Kier molecular flexibility index (Phi) is 61.8. The fourth-order valence-corrected chi connectivity index (χ4v) is 13.2. The van der Waals surface area contributed by atoms with E-state index >= 15 is 0 Å². The van der Waals surface area contributed by atoms with Gasteiger partial charge < -0.3 is 0 Å². The van der Waals surface area contributed by atoms with Gasteiger partial charge in [0.25, 0.3) is 0 Å². The Morgan fingerprint density at radius 1 is 0.233 bits per heavy atom. The van der Waals surface area contributed by atoms with Crippen molar-refractivity contribution in [1.29, 1.82) is 0 Å². The first kappa shape index (κ1) is 149. The molecule has 133 heavy (non-hydrogen) atoms. The summed E-state index contributed by atoms with van der Waals surface area (Å²) in [4.78, 5) is 0. The van der Waals surface area contributed by atoms with Gasteiger partial charge >= 0.3 is 55.6 Å².